The average molecular weight is 271 g/mol. The fraction of sp³-hybridized carbons (Fsp3) is 0.200. The van der Waals surface area contributed by atoms with E-state index in [-0.39, 0.29) is 17.9 Å². The Balaban J connectivity index is 2.30. The number of benzene rings is 1. The summed E-state index contributed by atoms with van der Waals surface area (Å²) in [6, 6.07) is 4.03. The number of aliphatic carboxylic acids is 1. The molecule has 18 heavy (non-hydrogen) atoms. The van der Waals surface area contributed by atoms with Crippen molar-refractivity contribution in [3.63, 3.8) is 0 Å². The Hall–Kier alpha value is -2.02. The first kappa shape index (κ1) is 12.4. The van der Waals surface area contributed by atoms with Gasteiger partial charge in [-0.1, -0.05) is 11.6 Å². The molecular weight excluding hydrogens is 263 g/mol. The highest BCUT2D eigenvalue weighted by atomic mass is 35.5. The number of hydrogen-bond donors (Lipinski definition) is 1. The molecule has 0 saturated heterocycles. The monoisotopic (exact) mass is 270 g/mol. The van der Waals surface area contributed by atoms with Gasteiger partial charge in [-0.15, -0.1) is 5.10 Å². The predicted molar refractivity (Wildman–Crippen MR) is 60.1 cm³/mol. The second-order valence-corrected chi connectivity index (χ2v) is 3.91. The maximum absolute atomic E-state index is 13.0. The number of hydrogen-bond acceptors (Lipinski definition) is 4. The Labute approximate surface area is 106 Å². The lowest BCUT2D eigenvalue weighted by molar-refractivity contribution is -0.137. The molecule has 0 fully saturated rings. The van der Waals surface area contributed by atoms with Gasteiger partial charge in [-0.2, -0.15) is 4.68 Å². The average Bonchev–Trinajstić information content (AvgIpc) is 2.78. The molecule has 0 spiro atoms. The highest BCUT2D eigenvalue weighted by Crippen LogP contribution is 2.19. The molecule has 1 aromatic carbocycles. The van der Waals surface area contributed by atoms with Crippen LogP contribution < -0.4 is 0 Å². The molecule has 2 aromatic rings. The van der Waals surface area contributed by atoms with Crippen molar-refractivity contribution in [3.05, 3.63) is 34.9 Å². The van der Waals surface area contributed by atoms with Crippen LogP contribution >= 0.6 is 11.6 Å². The fourth-order valence-electron chi connectivity index (χ4n) is 1.40. The molecule has 0 unspecified atom stereocenters. The number of halogens is 2. The lowest BCUT2D eigenvalue weighted by atomic mass is 10.2. The van der Waals surface area contributed by atoms with Gasteiger partial charge in [-0.25, -0.2) is 4.39 Å². The lowest BCUT2D eigenvalue weighted by Crippen LogP contribution is -2.06. The molecule has 0 aliphatic heterocycles. The molecule has 0 radical (unpaired) electrons. The van der Waals surface area contributed by atoms with Gasteiger partial charge in [0.05, 0.1) is 17.1 Å². The van der Waals surface area contributed by atoms with Crippen LogP contribution in [-0.4, -0.2) is 31.3 Å². The van der Waals surface area contributed by atoms with Gasteiger partial charge in [0.2, 0.25) is 0 Å². The zero-order valence-electron chi connectivity index (χ0n) is 9.05. The Kier molecular flexibility index (Phi) is 3.52. The molecule has 2 rings (SSSR count). The van der Waals surface area contributed by atoms with E-state index >= 15 is 0 Å². The summed E-state index contributed by atoms with van der Waals surface area (Å²) in [7, 11) is 0. The molecule has 1 N–H and O–H groups in total. The lowest BCUT2D eigenvalue weighted by Gasteiger charge is -2.04. The van der Waals surface area contributed by atoms with Crippen LogP contribution in [0.5, 0.6) is 0 Å². The van der Waals surface area contributed by atoms with Crippen LogP contribution in [0.2, 0.25) is 5.02 Å². The summed E-state index contributed by atoms with van der Waals surface area (Å²) in [6.45, 7) is 0. The highest BCUT2D eigenvalue weighted by molar-refractivity contribution is 6.30. The smallest absolute Gasteiger partial charge is 0.303 e. The molecule has 0 saturated carbocycles. The molecule has 6 nitrogen and oxygen atoms in total. The van der Waals surface area contributed by atoms with Gasteiger partial charge in [-0.05, 0) is 28.6 Å². The van der Waals surface area contributed by atoms with Crippen LogP contribution in [0.3, 0.4) is 0 Å². The zero-order valence-corrected chi connectivity index (χ0v) is 9.80. The molecule has 8 heteroatoms. The quantitative estimate of drug-likeness (QED) is 0.910. The van der Waals surface area contributed by atoms with Gasteiger partial charge < -0.3 is 5.11 Å². The maximum Gasteiger partial charge on any atom is 0.303 e. The zero-order chi connectivity index (χ0) is 13.1. The summed E-state index contributed by atoms with van der Waals surface area (Å²) in [5.41, 5.74) is 0.479. The molecule has 0 atom stereocenters. The third kappa shape index (κ3) is 2.62. The minimum absolute atomic E-state index is 0.0489. The first-order valence-electron chi connectivity index (χ1n) is 5.02. The Morgan fingerprint density at radius 2 is 2.28 bits per heavy atom. The van der Waals surface area contributed by atoms with Crippen LogP contribution in [0.25, 0.3) is 5.69 Å². The van der Waals surface area contributed by atoms with Gasteiger partial charge in [0.1, 0.15) is 5.82 Å². The van der Waals surface area contributed by atoms with Gasteiger partial charge in [-0.3, -0.25) is 4.79 Å². The van der Waals surface area contributed by atoms with Gasteiger partial charge in [0.25, 0.3) is 0 Å². The third-order valence-corrected chi connectivity index (χ3v) is 2.53. The van der Waals surface area contributed by atoms with E-state index in [9.17, 15) is 9.18 Å². The van der Waals surface area contributed by atoms with Gasteiger partial charge >= 0.3 is 5.97 Å². The predicted octanol–water partition coefficient (Wildman–Crippen LogP) is 1.47. The highest BCUT2D eigenvalue weighted by Gasteiger charge is 2.11. The largest absolute Gasteiger partial charge is 0.481 e. The molecule has 0 bridgehead atoms. The standard InChI is InChI=1S/C10H8ClFN4O2/c11-7-5-6(1-2-8(7)12)16-9(13-14-15-16)3-4-10(17)18/h1-2,5H,3-4H2,(H,17,18). The van der Waals surface area contributed by atoms with Gasteiger partial charge in [0.15, 0.2) is 5.82 Å². The van der Waals surface area contributed by atoms with Crippen molar-refractivity contribution in [1.29, 1.82) is 0 Å². The van der Waals surface area contributed by atoms with Crippen LogP contribution in [0, 0.1) is 5.82 Å². The van der Waals surface area contributed by atoms with E-state index in [1.165, 1.54) is 22.9 Å². The second-order valence-electron chi connectivity index (χ2n) is 3.50. The molecule has 0 amide bonds. The van der Waals surface area contributed by atoms with E-state index in [0.29, 0.717) is 11.5 Å². The third-order valence-electron chi connectivity index (χ3n) is 2.24. The normalized spacial score (nSPS) is 10.6. The summed E-state index contributed by atoms with van der Waals surface area (Å²) in [6.07, 6.45) is 0.0899. The summed E-state index contributed by atoms with van der Waals surface area (Å²) in [4.78, 5) is 10.5. The fourth-order valence-corrected chi connectivity index (χ4v) is 1.57. The first-order valence-corrected chi connectivity index (χ1v) is 5.40. The van der Waals surface area contributed by atoms with Crippen LogP contribution in [-0.2, 0) is 11.2 Å². The molecule has 1 heterocycles. The molecule has 94 valence electrons. The number of aromatic nitrogens is 4. The van der Waals surface area contributed by atoms with Crippen LogP contribution in [0.15, 0.2) is 18.2 Å². The summed E-state index contributed by atoms with van der Waals surface area (Å²) in [5, 5.41) is 19.5. The van der Waals surface area contributed by atoms with Crippen molar-refractivity contribution in [1.82, 2.24) is 20.2 Å². The number of nitrogens with zero attached hydrogens (tertiary/aromatic N) is 4. The van der Waals surface area contributed by atoms with Crippen molar-refractivity contribution in [3.8, 4) is 5.69 Å². The first-order chi connectivity index (χ1) is 8.58. The minimum Gasteiger partial charge on any atom is -0.481 e. The molecule has 0 aliphatic carbocycles. The summed E-state index contributed by atoms with van der Waals surface area (Å²) >= 11 is 5.66. The number of carboxylic acid groups (broad SMARTS) is 1. The number of carboxylic acids is 1. The summed E-state index contributed by atoms with van der Waals surface area (Å²) < 4.78 is 14.4. The van der Waals surface area contributed by atoms with Crippen LogP contribution in [0.1, 0.15) is 12.2 Å². The number of aryl methyl sites for hydroxylation is 1. The Morgan fingerprint density at radius 1 is 1.50 bits per heavy atom. The minimum atomic E-state index is -0.943. The number of tetrazole rings is 1. The van der Waals surface area contributed by atoms with Crippen molar-refractivity contribution in [2.45, 2.75) is 12.8 Å². The number of rotatable bonds is 4. The van der Waals surface area contributed by atoms with E-state index in [4.69, 9.17) is 16.7 Å². The maximum atomic E-state index is 13.0. The van der Waals surface area contributed by atoms with Crippen molar-refractivity contribution in [2.24, 2.45) is 0 Å². The molecule has 0 aliphatic rings. The van der Waals surface area contributed by atoms with Crippen LogP contribution in [0.4, 0.5) is 4.39 Å². The number of carbonyl (C=O) groups is 1. The second kappa shape index (κ2) is 5.09. The van der Waals surface area contributed by atoms with Crippen molar-refractivity contribution >= 4 is 17.6 Å². The van der Waals surface area contributed by atoms with Crippen molar-refractivity contribution in [2.75, 3.05) is 0 Å². The topological polar surface area (TPSA) is 80.9 Å². The van der Waals surface area contributed by atoms with E-state index in [2.05, 4.69) is 15.5 Å². The summed E-state index contributed by atoms with van der Waals surface area (Å²) in [5.74, 6) is -1.11. The Morgan fingerprint density at radius 3 is 2.94 bits per heavy atom. The van der Waals surface area contributed by atoms with Gasteiger partial charge in [0, 0.05) is 6.42 Å². The van der Waals surface area contributed by atoms with Crippen molar-refractivity contribution < 1.29 is 14.3 Å². The van der Waals surface area contributed by atoms with E-state index in [1.807, 2.05) is 0 Å². The molecule has 1 aromatic heterocycles. The van der Waals surface area contributed by atoms with E-state index in [1.54, 1.807) is 0 Å². The molecular formula is C10H8ClFN4O2. The van der Waals surface area contributed by atoms with E-state index < -0.39 is 11.8 Å². The van der Waals surface area contributed by atoms with E-state index in [0.717, 1.165) is 0 Å². The SMILES string of the molecule is O=C(O)CCc1nnnn1-c1ccc(F)c(Cl)c1. The Bertz CT molecular complexity index is 587.